The highest BCUT2D eigenvalue weighted by atomic mass is 16.3. The van der Waals surface area contributed by atoms with Crippen LogP contribution in [0.2, 0.25) is 0 Å². The van der Waals surface area contributed by atoms with E-state index in [0.717, 1.165) is 17.0 Å². The van der Waals surface area contributed by atoms with Crippen molar-refractivity contribution in [1.82, 2.24) is 4.90 Å². The molecular formula is C16H20N2O2. The van der Waals surface area contributed by atoms with Crippen molar-refractivity contribution in [1.29, 1.82) is 0 Å². The largest absolute Gasteiger partial charge is 0.468 e. The third kappa shape index (κ3) is 3.71. The monoisotopic (exact) mass is 272 g/mol. The summed E-state index contributed by atoms with van der Waals surface area (Å²) < 4.78 is 5.27. The maximum Gasteiger partial charge on any atom is 0.238 e. The maximum absolute atomic E-state index is 12.0. The molecule has 1 aromatic carbocycles. The minimum atomic E-state index is -0.0206. The van der Waals surface area contributed by atoms with Crippen LogP contribution in [-0.2, 0) is 11.3 Å². The van der Waals surface area contributed by atoms with Crippen LogP contribution in [0.5, 0.6) is 0 Å². The Hall–Kier alpha value is -2.07. The van der Waals surface area contributed by atoms with Crippen LogP contribution in [0.4, 0.5) is 5.69 Å². The molecule has 0 aliphatic heterocycles. The molecule has 4 heteroatoms. The number of rotatable bonds is 5. The van der Waals surface area contributed by atoms with Crippen molar-refractivity contribution in [2.45, 2.75) is 20.4 Å². The first-order chi connectivity index (χ1) is 9.56. The molecule has 1 heterocycles. The first-order valence-electron chi connectivity index (χ1n) is 6.63. The lowest BCUT2D eigenvalue weighted by molar-refractivity contribution is -0.117. The van der Waals surface area contributed by atoms with Gasteiger partial charge in [0.25, 0.3) is 0 Å². The van der Waals surface area contributed by atoms with Gasteiger partial charge in [0.15, 0.2) is 0 Å². The van der Waals surface area contributed by atoms with E-state index in [2.05, 4.69) is 5.32 Å². The number of amides is 1. The second-order valence-corrected chi connectivity index (χ2v) is 5.05. The number of furan rings is 1. The van der Waals surface area contributed by atoms with Gasteiger partial charge in [-0.15, -0.1) is 0 Å². The molecule has 0 saturated carbocycles. The first-order valence-corrected chi connectivity index (χ1v) is 6.63. The number of nitrogens with zero attached hydrogens (tertiary/aromatic N) is 1. The van der Waals surface area contributed by atoms with Crippen LogP contribution >= 0.6 is 0 Å². The molecule has 0 fully saturated rings. The van der Waals surface area contributed by atoms with Crippen molar-refractivity contribution >= 4 is 11.6 Å². The van der Waals surface area contributed by atoms with Crippen LogP contribution in [0, 0.1) is 13.8 Å². The Morgan fingerprint density at radius 1 is 1.25 bits per heavy atom. The first kappa shape index (κ1) is 14.3. The number of hydrogen-bond acceptors (Lipinski definition) is 3. The van der Waals surface area contributed by atoms with Gasteiger partial charge < -0.3 is 9.73 Å². The van der Waals surface area contributed by atoms with Gasteiger partial charge in [0.2, 0.25) is 5.91 Å². The second-order valence-electron chi connectivity index (χ2n) is 5.05. The van der Waals surface area contributed by atoms with Crippen molar-refractivity contribution in [2.75, 3.05) is 18.9 Å². The lowest BCUT2D eigenvalue weighted by Crippen LogP contribution is -2.29. The summed E-state index contributed by atoms with van der Waals surface area (Å²) in [4.78, 5) is 13.9. The molecule has 1 N–H and O–H groups in total. The molecule has 0 saturated heterocycles. The van der Waals surface area contributed by atoms with Gasteiger partial charge in [0.05, 0.1) is 19.4 Å². The van der Waals surface area contributed by atoms with E-state index < -0.39 is 0 Å². The summed E-state index contributed by atoms with van der Waals surface area (Å²) in [6, 6.07) is 9.66. The van der Waals surface area contributed by atoms with Crippen molar-refractivity contribution in [3.05, 3.63) is 53.5 Å². The Morgan fingerprint density at radius 2 is 2.05 bits per heavy atom. The number of carbonyl (C=O) groups is 1. The van der Waals surface area contributed by atoms with E-state index >= 15 is 0 Å². The molecule has 0 radical (unpaired) electrons. The predicted molar refractivity (Wildman–Crippen MR) is 79.6 cm³/mol. The molecule has 0 spiro atoms. The van der Waals surface area contributed by atoms with Gasteiger partial charge in [-0.05, 0) is 50.2 Å². The normalized spacial score (nSPS) is 10.8. The van der Waals surface area contributed by atoms with Crippen LogP contribution in [0.3, 0.4) is 0 Å². The molecule has 2 rings (SSSR count). The standard InChI is InChI=1S/C16H20N2O2/c1-12-6-4-8-15(13(12)2)17-16(19)11-18(3)10-14-7-5-9-20-14/h4-9H,10-11H2,1-3H3,(H,17,19). The van der Waals surface area contributed by atoms with Gasteiger partial charge in [0.1, 0.15) is 5.76 Å². The van der Waals surface area contributed by atoms with Gasteiger partial charge in [-0.2, -0.15) is 0 Å². The summed E-state index contributed by atoms with van der Waals surface area (Å²) in [6.45, 7) is 4.99. The summed E-state index contributed by atoms with van der Waals surface area (Å²) in [6.07, 6.45) is 1.64. The zero-order chi connectivity index (χ0) is 14.5. The molecule has 1 aromatic heterocycles. The smallest absolute Gasteiger partial charge is 0.238 e. The number of benzene rings is 1. The highest BCUT2D eigenvalue weighted by Crippen LogP contribution is 2.17. The molecule has 0 unspecified atom stereocenters. The van der Waals surface area contributed by atoms with Crippen LogP contribution in [0.1, 0.15) is 16.9 Å². The molecule has 2 aromatic rings. The fourth-order valence-electron chi connectivity index (χ4n) is 2.05. The van der Waals surface area contributed by atoms with Gasteiger partial charge in [-0.25, -0.2) is 0 Å². The minimum Gasteiger partial charge on any atom is -0.468 e. The Labute approximate surface area is 119 Å². The van der Waals surface area contributed by atoms with E-state index in [9.17, 15) is 4.79 Å². The summed E-state index contributed by atoms with van der Waals surface area (Å²) in [7, 11) is 1.89. The summed E-state index contributed by atoms with van der Waals surface area (Å²) >= 11 is 0. The fourth-order valence-corrected chi connectivity index (χ4v) is 2.05. The Balaban J connectivity index is 1.90. The Kier molecular flexibility index (Phi) is 4.58. The molecule has 0 bridgehead atoms. The second kappa shape index (κ2) is 6.39. The predicted octanol–water partition coefficient (Wildman–Crippen LogP) is 2.97. The number of anilines is 1. The molecule has 0 aliphatic carbocycles. The number of aryl methyl sites for hydroxylation is 1. The molecule has 0 atom stereocenters. The molecule has 1 amide bonds. The van der Waals surface area contributed by atoms with Gasteiger partial charge in [0, 0.05) is 5.69 Å². The molecule has 4 nitrogen and oxygen atoms in total. The van der Waals surface area contributed by atoms with Crippen LogP contribution in [0.15, 0.2) is 41.0 Å². The average molecular weight is 272 g/mol. The quantitative estimate of drug-likeness (QED) is 0.910. The van der Waals surface area contributed by atoms with E-state index in [0.29, 0.717) is 13.1 Å². The van der Waals surface area contributed by atoms with E-state index in [1.54, 1.807) is 6.26 Å². The number of hydrogen-bond donors (Lipinski definition) is 1. The summed E-state index contributed by atoms with van der Waals surface area (Å²) in [5.41, 5.74) is 3.16. The van der Waals surface area contributed by atoms with Crippen molar-refractivity contribution in [2.24, 2.45) is 0 Å². The van der Waals surface area contributed by atoms with E-state index in [4.69, 9.17) is 4.42 Å². The van der Waals surface area contributed by atoms with Gasteiger partial charge >= 0.3 is 0 Å². The molecule has 106 valence electrons. The topological polar surface area (TPSA) is 45.5 Å². The van der Waals surface area contributed by atoms with Crippen LogP contribution in [0.25, 0.3) is 0 Å². The van der Waals surface area contributed by atoms with Crippen molar-refractivity contribution < 1.29 is 9.21 Å². The highest BCUT2D eigenvalue weighted by Gasteiger charge is 2.10. The van der Waals surface area contributed by atoms with Gasteiger partial charge in [-0.3, -0.25) is 9.69 Å². The van der Waals surface area contributed by atoms with E-state index in [1.807, 2.05) is 56.1 Å². The Morgan fingerprint density at radius 3 is 2.75 bits per heavy atom. The Bertz CT molecular complexity index is 576. The van der Waals surface area contributed by atoms with Gasteiger partial charge in [-0.1, -0.05) is 12.1 Å². The summed E-state index contributed by atoms with van der Waals surface area (Å²) in [5, 5.41) is 2.95. The highest BCUT2D eigenvalue weighted by molar-refractivity contribution is 5.93. The van der Waals surface area contributed by atoms with Crippen LogP contribution in [-0.4, -0.2) is 24.4 Å². The fraction of sp³-hybridized carbons (Fsp3) is 0.312. The van der Waals surface area contributed by atoms with Crippen molar-refractivity contribution in [3.63, 3.8) is 0 Å². The van der Waals surface area contributed by atoms with Crippen molar-refractivity contribution in [3.8, 4) is 0 Å². The number of likely N-dealkylation sites (N-methyl/N-ethyl adjacent to an activating group) is 1. The maximum atomic E-state index is 12.0. The minimum absolute atomic E-state index is 0.0206. The van der Waals surface area contributed by atoms with E-state index in [1.165, 1.54) is 5.56 Å². The lowest BCUT2D eigenvalue weighted by Gasteiger charge is -2.16. The zero-order valence-corrected chi connectivity index (χ0v) is 12.1. The number of nitrogens with one attached hydrogen (secondary N) is 1. The average Bonchev–Trinajstić information content (AvgIpc) is 2.87. The van der Waals surface area contributed by atoms with E-state index in [-0.39, 0.29) is 5.91 Å². The number of carbonyl (C=O) groups excluding carboxylic acids is 1. The van der Waals surface area contributed by atoms with Crippen LogP contribution < -0.4 is 5.32 Å². The third-order valence-electron chi connectivity index (χ3n) is 3.30. The molecule has 20 heavy (non-hydrogen) atoms. The SMILES string of the molecule is Cc1cccc(NC(=O)CN(C)Cc2ccco2)c1C. The third-order valence-corrected chi connectivity index (χ3v) is 3.30. The summed E-state index contributed by atoms with van der Waals surface area (Å²) in [5.74, 6) is 0.833. The molecule has 0 aliphatic rings. The zero-order valence-electron chi connectivity index (χ0n) is 12.1. The lowest BCUT2D eigenvalue weighted by atomic mass is 10.1. The molecular weight excluding hydrogens is 252 g/mol.